The predicted molar refractivity (Wildman–Crippen MR) is 84.6 cm³/mol. The Morgan fingerprint density at radius 2 is 2.12 bits per heavy atom. The molecule has 1 aromatic rings. The van der Waals surface area contributed by atoms with Crippen LogP contribution in [0, 0.1) is 15.9 Å². The first kappa shape index (κ1) is 16.8. The van der Waals surface area contributed by atoms with Crippen molar-refractivity contribution in [1.82, 2.24) is 5.32 Å². The lowest BCUT2D eigenvalue weighted by Crippen LogP contribution is -2.65. The zero-order valence-corrected chi connectivity index (χ0v) is 14.0. The van der Waals surface area contributed by atoms with Gasteiger partial charge in [0.1, 0.15) is 21.4 Å². The van der Waals surface area contributed by atoms with Gasteiger partial charge < -0.3 is 10.1 Å². The Morgan fingerprint density at radius 3 is 2.75 bits per heavy atom. The van der Waals surface area contributed by atoms with Crippen LogP contribution in [0.3, 0.4) is 0 Å². The first-order valence-electron chi connectivity index (χ1n) is 7.27. The maximum atomic E-state index is 14.5. The number of ether oxygens (including phenoxy) is 1. The zero-order valence-electron chi connectivity index (χ0n) is 13.2. The van der Waals surface area contributed by atoms with Crippen LogP contribution in [0.25, 0.3) is 0 Å². The van der Waals surface area contributed by atoms with E-state index in [4.69, 9.17) is 4.74 Å². The Bertz CT molecular complexity index is 851. The molecular weight excluding hydrogens is 339 g/mol. The molecule has 0 saturated carbocycles. The number of fused-ring (bicyclic) bond motifs is 1. The third-order valence-corrected chi connectivity index (χ3v) is 7.93. The molecule has 1 aromatic carbocycles. The highest BCUT2D eigenvalue weighted by molar-refractivity contribution is 7.93. The van der Waals surface area contributed by atoms with Crippen LogP contribution in [-0.4, -0.2) is 36.6 Å². The minimum absolute atomic E-state index is 0.0978. The number of nitro groups is 1. The molecule has 7 nitrogen and oxygen atoms in total. The van der Waals surface area contributed by atoms with Gasteiger partial charge in [0.2, 0.25) is 0 Å². The Balaban J connectivity index is 2.25. The highest BCUT2D eigenvalue weighted by atomic mass is 32.2. The molecule has 2 fully saturated rings. The second-order valence-corrected chi connectivity index (χ2v) is 9.23. The smallest absolute Gasteiger partial charge is 0.270 e. The number of non-ortho nitro benzene ring substituents is 1. The zero-order chi connectivity index (χ0) is 17.9. The van der Waals surface area contributed by atoms with Gasteiger partial charge in [-0.05, 0) is 19.9 Å². The Kier molecular flexibility index (Phi) is 3.51. The lowest BCUT2D eigenvalue weighted by atomic mass is 9.86. The highest BCUT2D eigenvalue weighted by Crippen LogP contribution is 2.47. The van der Waals surface area contributed by atoms with Gasteiger partial charge in [0, 0.05) is 23.4 Å². The summed E-state index contributed by atoms with van der Waals surface area (Å²) < 4.78 is 44.6. The lowest BCUT2D eigenvalue weighted by Gasteiger charge is -2.47. The van der Waals surface area contributed by atoms with E-state index >= 15 is 0 Å². The molecular formula is C15H17FN2O5S. The summed E-state index contributed by atoms with van der Waals surface area (Å²) in [4.78, 5) is 10.4. The van der Waals surface area contributed by atoms with Crippen LogP contribution in [0.15, 0.2) is 30.5 Å². The second kappa shape index (κ2) is 5.00. The van der Waals surface area contributed by atoms with Crippen molar-refractivity contribution in [3.8, 4) is 0 Å². The standard InChI is InChI=1S/C15H17FN2O5S/c1-9-14(2,3)24(21,22)13-7-23-8-15(13,17-9)11-6-10(18(19)20)4-5-12(11)16/h4-6,13,17H,1,7-8H2,2-3H3/t13-,15-/m0/s1. The van der Waals surface area contributed by atoms with E-state index in [9.17, 15) is 22.9 Å². The van der Waals surface area contributed by atoms with E-state index in [1.807, 2.05) is 0 Å². The van der Waals surface area contributed by atoms with Crippen molar-refractivity contribution in [2.24, 2.45) is 0 Å². The molecule has 0 bridgehead atoms. The number of rotatable bonds is 2. The molecule has 2 saturated heterocycles. The molecule has 24 heavy (non-hydrogen) atoms. The molecule has 2 atom stereocenters. The fraction of sp³-hybridized carbons (Fsp3) is 0.467. The third-order valence-electron chi connectivity index (χ3n) is 4.98. The number of nitrogens with one attached hydrogen (secondary N) is 1. The molecule has 0 aromatic heterocycles. The second-order valence-electron chi connectivity index (χ2n) is 6.56. The van der Waals surface area contributed by atoms with Crippen molar-refractivity contribution in [1.29, 1.82) is 0 Å². The summed E-state index contributed by atoms with van der Waals surface area (Å²) in [6.07, 6.45) is 0. The van der Waals surface area contributed by atoms with E-state index in [0.29, 0.717) is 0 Å². The van der Waals surface area contributed by atoms with E-state index in [-0.39, 0.29) is 30.2 Å². The molecule has 130 valence electrons. The molecule has 0 radical (unpaired) electrons. The average Bonchev–Trinajstić information content (AvgIpc) is 2.91. The lowest BCUT2D eigenvalue weighted by molar-refractivity contribution is -0.385. The summed E-state index contributed by atoms with van der Waals surface area (Å²) in [5, 5.41) is 13.0. The van der Waals surface area contributed by atoms with Crippen LogP contribution >= 0.6 is 0 Å². The number of sulfone groups is 1. The molecule has 0 unspecified atom stereocenters. The van der Waals surface area contributed by atoms with Gasteiger partial charge in [-0.2, -0.15) is 0 Å². The molecule has 3 rings (SSSR count). The third kappa shape index (κ3) is 2.01. The van der Waals surface area contributed by atoms with Crippen molar-refractivity contribution < 1.29 is 22.5 Å². The van der Waals surface area contributed by atoms with Gasteiger partial charge in [0.05, 0.1) is 18.1 Å². The van der Waals surface area contributed by atoms with Crippen LogP contribution < -0.4 is 5.32 Å². The summed E-state index contributed by atoms with van der Waals surface area (Å²) in [5.41, 5.74) is -1.64. The van der Waals surface area contributed by atoms with Gasteiger partial charge in [-0.15, -0.1) is 0 Å². The summed E-state index contributed by atoms with van der Waals surface area (Å²) in [6, 6.07) is 3.07. The van der Waals surface area contributed by atoms with Gasteiger partial charge in [-0.25, -0.2) is 12.8 Å². The van der Waals surface area contributed by atoms with Gasteiger partial charge in [-0.1, -0.05) is 6.58 Å². The largest absolute Gasteiger partial charge is 0.377 e. The Hall–Kier alpha value is -2.00. The summed E-state index contributed by atoms with van der Waals surface area (Å²) in [7, 11) is -3.77. The Morgan fingerprint density at radius 1 is 1.46 bits per heavy atom. The van der Waals surface area contributed by atoms with Crippen LogP contribution in [0.4, 0.5) is 10.1 Å². The first-order valence-corrected chi connectivity index (χ1v) is 8.82. The van der Waals surface area contributed by atoms with Crippen molar-refractivity contribution in [2.75, 3.05) is 13.2 Å². The molecule has 0 amide bonds. The topological polar surface area (TPSA) is 98.5 Å². The molecule has 2 heterocycles. The fourth-order valence-corrected chi connectivity index (χ4v) is 5.43. The maximum Gasteiger partial charge on any atom is 0.270 e. The van der Waals surface area contributed by atoms with Gasteiger partial charge in [0.15, 0.2) is 9.84 Å². The highest BCUT2D eigenvalue weighted by Gasteiger charge is 2.62. The number of hydrogen-bond acceptors (Lipinski definition) is 6. The van der Waals surface area contributed by atoms with Crippen molar-refractivity contribution in [2.45, 2.75) is 29.4 Å². The average molecular weight is 356 g/mol. The fourth-order valence-electron chi connectivity index (χ4n) is 3.27. The van der Waals surface area contributed by atoms with Gasteiger partial charge >= 0.3 is 0 Å². The molecule has 1 N–H and O–H groups in total. The monoisotopic (exact) mass is 356 g/mol. The molecule has 2 aliphatic rings. The van der Waals surface area contributed by atoms with E-state index in [1.165, 1.54) is 13.8 Å². The molecule has 9 heteroatoms. The number of nitro benzene ring substituents is 1. The van der Waals surface area contributed by atoms with Crippen molar-refractivity contribution in [3.63, 3.8) is 0 Å². The van der Waals surface area contributed by atoms with Crippen LogP contribution in [0.5, 0.6) is 0 Å². The van der Waals surface area contributed by atoms with Crippen LogP contribution in [0.2, 0.25) is 0 Å². The molecule has 2 aliphatic heterocycles. The van der Waals surface area contributed by atoms with Gasteiger partial charge in [0.25, 0.3) is 5.69 Å². The predicted octanol–water partition coefficient (Wildman–Crippen LogP) is 1.64. The van der Waals surface area contributed by atoms with E-state index in [1.54, 1.807) is 0 Å². The van der Waals surface area contributed by atoms with Crippen molar-refractivity contribution in [3.05, 3.63) is 52.0 Å². The van der Waals surface area contributed by atoms with Gasteiger partial charge in [-0.3, -0.25) is 10.1 Å². The maximum absolute atomic E-state index is 14.5. The van der Waals surface area contributed by atoms with E-state index < -0.39 is 36.1 Å². The summed E-state index contributed by atoms with van der Waals surface area (Å²) in [5.74, 6) is -0.730. The van der Waals surface area contributed by atoms with Crippen molar-refractivity contribution >= 4 is 15.5 Å². The minimum Gasteiger partial charge on any atom is -0.377 e. The molecule has 0 spiro atoms. The summed E-state index contributed by atoms with van der Waals surface area (Å²) >= 11 is 0. The minimum atomic E-state index is -3.77. The van der Waals surface area contributed by atoms with Crippen LogP contribution in [-0.2, 0) is 20.1 Å². The number of benzene rings is 1. The quantitative estimate of drug-likeness (QED) is 0.639. The van der Waals surface area contributed by atoms with Crippen LogP contribution in [0.1, 0.15) is 19.4 Å². The first-order chi connectivity index (χ1) is 11.0. The van der Waals surface area contributed by atoms with E-state index in [0.717, 1.165) is 18.2 Å². The number of halogens is 1. The number of hydrogen-bond donors (Lipinski definition) is 1. The SMILES string of the molecule is C=C1N[C@]2(c3cc([N+](=O)[O-])ccc3F)COC[C@@H]2S(=O)(=O)C1(C)C. The number of nitrogens with zero attached hydrogens (tertiary/aromatic N) is 1. The molecule has 0 aliphatic carbocycles. The van der Waals surface area contributed by atoms with E-state index in [2.05, 4.69) is 11.9 Å². The normalized spacial score (nSPS) is 30.5. The summed E-state index contributed by atoms with van der Waals surface area (Å²) in [6.45, 7) is 6.58. The Labute approximate surface area is 138 Å².